The predicted molar refractivity (Wildman–Crippen MR) is 100.0 cm³/mol. The molecule has 0 radical (unpaired) electrons. The molecule has 1 atom stereocenters. The lowest BCUT2D eigenvalue weighted by Crippen LogP contribution is -2.42. The topological polar surface area (TPSA) is 104 Å². The molecule has 7 nitrogen and oxygen atoms in total. The van der Waals surface area contributed by atoms with Gasteiger partial charge in [0.1, 0.15) is 0 Å². The van der Waals surface area contributed by atoms with Crippen molar-refractivity contribution < 1.29 is 18.0 Å². The molecule has 1 aliphatic heterocycles. The van der Waals surface area contributed by atoms with Crippen molar-refractivity contribution >= 4 is 38.7 Å². The summed E-state index contributed by atoms with van der Waals surface area (Å²) in [5, 5.41) is 8.17. The van der Waals surface area contributed by atoms with Crippen molar-refractivity contribution in [2.45, 2.75) is 12.5 Å². The van der Waals surface area contributed by atoms with Crippen molar-refractivity contribution in [2.75, 3.05) is 22.1 Å². The Morgan fingerprint density at radius 1 is 0.846 bits per heavy atom. The van der Waals surface area contributed by atoms with Crippen LogP contribution >= 0.6 is 0 Å². The fraction of sp³-hybridized carbons (Fsp3) is 0.222. The average molecular weight is 373 g/mol. The largest absolute Gasteiger partial charge is 0.356 e. The molecule has 2 aromatic carbocycles. The van der Waals surface area contributed by atoms with E-state index in [2.05, 4.69) is 16.0 Å². The molecule has 1 fully saturated rings. The molecule has 8 heteroatoms. The van der Waals surface area contributed by atoms with E-state index in [0.717, 1.165) is 11.4 Å². The Hall–Kier alpha value is -2.87. The minimum atomic E-state index is -3.11. The molecule has 2 aromatic rings. The third-order valence-corrected chi connectivity index (χ3v) is 5.75. The van der Waals surface area contributed by atoms with E-state index in [1.54, 1.807) is 24.3 Å². The lowest BCUT2D eigenvalue weighted by molar-refractivity contribution is -0.136. The van der Waals surface area contributed by atoms with Gasteiger partial charge in [0.05, 0.1) is 11.5 Å². The molecule has 0 saturated carbocycles. The summed E-state index contributed by atoms with van der Waals surface area (Å²) in [6.45, 7) is 0. The van der Waals surface area contributed by atoms with Crippen LogP contribution in [0.5, 0.6) is 0 Å². The number of amides is 2. The lowest BCUT2D eigenvalue weighted by Gasteiger charge is -2.11. The standard InChI is InChI=1S/C18H19N3O4S/c22-17(18(23)21-16-10-11-26(24,25)12-16)20-15-8-6-14(7-9-15)19-13-4-2-1-3-5-13/h1-9,16,19H,10-12H2,(H,20,22)(H,21,23). The Balaban J connectivity index is 1.53. The van der Waals surface area contributed by atoms with Crippen molar-refractivity contribution in [3.05, 3.63) is 54.6 Å². The van der Waals surface area contributed by atoms with E-state index in [1.807, 2.05) is 30.3 Å². The Kier molecular flexibility index (Phi) is 5.22. The molecule has 136 valence electrons. The SMILES string of the molecule is O=C(Nc1ccc(Nc2ccccc2)cc1)C(=O)NC1CCS(=O)(=O)C1. The second-order valence-corrected chi connectivity index (χ2v) is 8.32. The van der Waals surface area contributed by atoms with Gasteiger partial charge in [0.25, 0.3) is 0 Å². The second kappa shape index (κ2) is 7.57. The molecule has 1 saturated heterocycles. The molecule has 0 bridgehead atoms. The lowest BCUT2D eigenvalue weighted by atomic mass is 10.2. The highest BCUT2D eigenvalue weighted by molar-refractivity contribution is 7.91. The van der Waals surface area contributed by atoms with Gasteiger partial charge >= 0.3 is 11.8 Å². The number of para-hydroxylation sites is 1. The molecule has 1 heterocycles. The van der Waals surface area contributed by atoms with E-state index in [4.69, 9.17) is 0 Å². The van der Waals surface area contributed by atoms with Crippen molar-refractivity contribution in [1.82, 2.24) is 5.32 Å². The van der Waals surface area contributed by atoms with Gasteiger partial charge in [-0.1, -0.05) is 18.2 Å². The number of benzene rings is 2. The Bertz CT molecular complexity index is 896. The zero-order chi connectivity index (χ0) is 18.6. The molecule has 1 unspecified atom stereocenters. The molecule has 2 amide bonds. The molecule has 3 N–H and O–H groups in total. The van der Waals surface area contributed by atoms with Crippen LogP contribution in [0.3, 0.4) is 0 Å². The summed E-state index contributed by atoms with van der Waals surface area (Å²) in [7, 11) is -3.11. The first-order valence-electron chi connectivity index (χ1n) is 8.16. The number of sulfone groups is 1. The van der Waals surface area contributed by atoms with Gasteiger partial charge in [-0.2, -0.15) is 0 Å². The van der Waals surface area contributed by atoms with Crippen molar-refractivity contribution in [3.63, 3.8) is 0 Å². The van der Waals surface area contributed by atoms with Gasteiger partial charge < -0.3 is 16.0 Å². The van der Waals surface area contributed by atoms with E-state index in [0.29, 0.717) is 12.1 Å². The van der Waals surface area contributed by atoms with Gasteiger partial charge in [-0.25, -0.2) is 8.42 Å². The maximum Gasteiger partial charge on any atom is 0.313 e. The van der Waals surface area contributed by atoms with Crippen LogP contribution in [0.4, 0.5) is 17.1 Å². The van der Waals surface area contributed by atoms with Crippen LogP contribution in [0.2, 0.25) is 0 Å². The first-order valence-corrected chi connectivity index (χ1v) is 9.98. The van der Waals surface area contributed by atoms with E-state index < -0.39 is 27.7 Å². The summed E-state index contributed by atoms with van der Waals surface area (Å²) in [5.41, 5.74) is 2.26. The zero-order valence-electron chi connectivity index (χ0n) is 13.9. The van der Waals surface area contributed by atoms with Crippen LogP contribution in [0.25, 0.3) is 0 Å². The summed E-state index contributed by atoms with van der Waals surface area (Å²) in [5.74, 6) is -1.74. The highest BCUT2D eigenvalue weighted by atomic mass is 32.2. The third kappa shape index (κ3) is 4.82. The van der Waals surface area contributed by atoms with Crippen LogP contribution in [0, 0.1) is 0 Å². The molecule has 0 aliphatic carbocycles. The maximum atomic E-state index is 11.9. The fourth-order valence-electron chi connectivity index (χ4n) is 2.67. The first kappa shape index (κ1) is 17.9. The van der Waals surface area contributed by atoms with Crippen molar-refractivity contribution in [1.29, 1.82) is 0 Å². The Morgan fingerprint density at radius 2 is 1.46 bits per heavy atom. The molecule has 26 heavy (non-hydrogen) atoms. The molecule has 3 rings (SSSR count). The summed E-state index contributed by atoms with van der Waals surface area (Å²) in [4.78, 5) is 23.8. The van der Waals surface area contributed by atoms with Gasteiger partial charge in [0.2, 0.25) is 0 Å². The first-order chi connectivity index (χ1) is 12.4. The Labute approximate surface area is 151 Å². The number of anilines is 3. The maximum absolute atomic E-state index is 11.9. The predicted octanol–water partition coefficient (Wildman–Crippen LogP) is 1.67. The van der Waals surface area contributed by atoms with Crippen LogP contribution in [0.1, 0.15) is 6.42 Å². The smallest absolute Gasteiger partial charge is 0.313 e. The molecular weight excluding hydrogens is 354 g/mol. The minimum absolute atomic E-state index is 0.0371. The van der Waals surface area contributed by atoms with Crippen molar-refractivity contribution in [3.8, 4) is 0 Å². The van der Waals surface area contributed by atoms with Gasteiger partial charge in [0.15, 0.2) is 9.84 Å². The highest BCUT2D eigenvalue weighted by Gasteiger charge is 2.30. The third-order valence-electron chi connectivity index (χ3n) is 3.98. The number of carbonyl (C=O) groups is 2. The molecule has 0 spiro atoms. The molecular formula is C18H19N3O4S. The number of hydrogen-bond donors (Lipinski definition) is 3. The summed E-state index contributed by atoms with van der Waals surface area (Å²) >= 11 is 0. The summed E-state index contributed by atoms with van der Waals surface area (Å²) in [6, 6.07) is 16.1. The summed E-state index contributed by atoms with van der Waals surface area (Å²) in [6.07, 6.45) is 0.335. The quantitative estimate of drug-likeness (QED) is 0.707. The fourth-order valence-corrected chi connectivity index (χ4v) is 4.35. The molecule has 1 aliphatic rings. The summed E-state index contributed by atoms with van der Waals surface area (Å²) < 4.78 is 22.8. The second-order valence-electron chi connectivity index (χ2n) is 6.10. The van der Waals surface area contributed by atoms with E-state index in [1.165, 1.54) is 0 Å². The number of nitrogens with one attached hydrogen (secondary N) is 3. The van der Waals surface area contributed by atoms with E-state index in [9.17, 15) is 18.0 Å². The number of carbonyl (C=O) groups excluding carboxylic acids is 2. The zero-order valence-corrected chi connectivity index (χ0v) is 14.8. The normalized spacial score (nSPS) is 18.1. The van der Waals surface area contributed by atoms with Crippen LogP contribution in [0.15, 0.2) is 54.6 Å². The van der Waals surface area contributed by atoms with Crippen LogP contribution < -0.4 is 16.0 Å². The minimum Gasteiger partial charge on any atom is -0.356 e. The van der Waals surface area contributed by atoms with Gasteiger partial charge in [0, 0.05) is 23.1 Å². The molecule has 0 aromatic heterocycles. The van der Waals surface area contributed by atoms with E-state index in [-0.39, 0.29) is 11.5 Å². The highest BCUT2D eigenvalue weighted by Crippen LogP contribution is 2.18. The monoisotopic (exact) mass is 373 g/mol. The van der Waals surface area contributed by atoms with Gasteiger partial charge in [-0.05, 0) is 42.8 Å². The van der Waals surface area contributed by atoms with Crippen LogP contribution in [-0.4, -0.2) is 37.8 Å². The van der Waals surface area contributed by atoms with Gasteiger partial charge in [-0.3, -0.25) is 9.59 Å². The van der Waals surface area contributed by atoms with Crippen molar-refractivity contribution in [2.24, 2.45) is 0 Å². The van der Waals surface area contributed by atoms with Gasteiger partial charge in [-0.15, -0.1) is 0 Å². The van der Waals surface area contributed by atoms with E-state index >= 15 is 0 Å². The average Bonchev–Trinajstić information content (AvgIpc) is 2.96. The van der Waals surface area contributed by atoms with Crippen LogP contribution in [-0.2, 0) is 19.4 Å². The number of rotatable bonds is 4. The Morgan fingerprint density at radius 3 is 2.08 bits per heavy atom. The number of hydrogen-bond acceptors (Lipinski definition) is 5.